The van der Waals surface area contributed by atoms with Crippen molar-refractivity contribution in [1.82, 2.24) is 9.13 Å². The van der Waals surface area contributed by atoms with Crippen molar-refractivity contribution in [3.05, 3.63) is 98.5 Å². The van der Waals surface area contributed by atoms with Gasteiger partial charge in [-0.25, -0.2) is 0 Å². The molecule has 160 valence electrons. The van der Waals surface area contributed by atoms with E-state index in [9.17, 15) is 9.90 Å². The number of aromatic nitrogens is 2. The van der Waals surface area contributed by atoms with Gasteiger partial charge >= 0.3 is 0 Å². The van der Waals surface area contributed by atoms with Crippen LogP contribution in [-0.2, 0) is 0 Å². The predicted octanol–water partition coefficient (Wildman–Crippen LogP) is 6.25. The molecule has 0 atom stereocenters. The summed E-state index contributed by atoms with van der Waals surface area (Å²) in [4.78, 5) is 13.4. The summed E-state index contributed by atoms with van der Waals surface area (Å²) in [5.74, 6) is 0.239. The van der Waals surface area contributed by atoms with Crippen LogP contribution in [0, 0.1) is 4.77 Å². The molecular weight excluding hydrogens is 492 g/mol. The summed E-state index contributed by atoms with van der Waals surface area (Å²) >= 11 is 9.01. The average Bonchev–Trinajstić information content (AvgIpc) is 2.81. The van der Waals surface area contributed by atoms with Gasteiger partial charge in [0.05, 0.1) is 24.2 Å². The SMILES string of the molecule is COc1ccc(-n2c(=O)c(N=Nc3ccccc3)c(O)n(-c3ccc(Br)cc3)c2=S)cc1. The molecule has 1 N–H and O–H groups in total. The zero-order chi connectivity index (χ0) is 22.7. The van der Waals surface area contributed by atoms with Crippen molar-refractivity contribution in [3.63, 3.8) is 0 Å². The van der Waals surface area contributed by atoms with Crippen LogP contribution in [0.5, 0.6) is 11.6 Å². The van der Waals surface area contributed by atoms with Crippen LogP contribution in [0.15, 0.2) is 98.4 Å². The fourth-order valence-electron chi connectivity index (χ4n) is 3.06. The van der Waals surface area contributed by atoms with Crippen molar-refractivity contribution in [3.8, 4) is 23.0 Å². The van der Waals surface area contributed by atoms with Crippen molar-refractivity contribution in [2.24, 2.45) is 10.2 Å². The van der Waals surface area contributed by atoms with Crippen LogP contribution in [0.25, 0.3) is 11.4 Å². The average molecular weight is 509 g/mol. The van der Waals surface area contributed by atoms with Gasteiger partial charge in [0.2, 0.25) is 11.6 Å². The quantitative estimate of drug-likeness (QED) is 0.255. The maximum atomic E-state index is 13.4. The molecule has 0 bridgehead atoms. The number of azo groups is 1. The molecule has 4 aromatic rings. The van der Waals surface area contributed by atoms with Gasteiger partial charge in [0.1, 0.15) is 5.75 Å². The van der Waals surface area contributed by atoms with Gasteiger partial charge in [-0.3, -0.25) is 13.9 Å². The van der Waals surface area contributed by atoms with Crippen LogP contribution in [0.4, 0.5) is 11.4 Å². The molecule has 1 aromatic heterocycles. The Bertz CT molecular complexity index is 1400. The highest BCUT2D eigenvalue weighted by molar-refractivity contribution is 9.10. The summed E-state index contributed by atoms with van der Waals surface area (Å²) in [6.07, 6.45) is 0. The fourth-order valence-corrected chi connectivity index (χ4v) is 3.70. The smallest absolute Gasteiger partial charge is 0.290 e. The normalized spacial score (nSPS) is 11.1. The van der Waals surface area contributed by atoms with Gasteiger partial charge in [0.25, 0.3) is 5.56 Å². The van der Waals surface area contributed by atoms with Gasteiger partial charge in [-0.15, -0.1) is 5.11 Å². The van der Waals surface area contributed by atoms with Crippen molar-refractivity contribution >= 4 is 39.5 Å². The van der Waals surface area contributed by atoms with Crippen LogP contribution in [0.3, 0.4) is 0 Å². The minimum absolute atomic E-state index is 0.0821. The van der Waals surface area contributed by atoms with E-state index in [-0.39, 0.29) is 10.5 Å². The summed E-state index contributed by atoms with van der Waals surface area (Å²) in [5.41, 5.74) is 0.781. The van der Waals surface area contributed by atoms with Gasteiger partial charge in [-0.2, -0.15) is 5.11 Å². The van der Waals surface area contributed by atoms with Crippen LogP contribution in [-0.4, -0.2) is 21.4 Å². The van der Waals surface area contributed by atoms with Crippen molar-refractivity contribution < 1.29 is 9.84 Å². The molecule has 32 heavy (non-hydrogen) atoms. The van der Waals surface area contributed by atoms with Crippen LogP contribution in [0.2, 0.25) is 0 Å². The molecule has 0 aliphatic carbocycles. The molecule has 0 unspecified atom stereocenters. The molecule has 4 rings (SSSR count). The number of rotatable bonds is 5. The second kappa shape index (κ2) is 9.29. The Kier molecular flexibility index (Phi) is 6.29. The number of benzene rings is 3. The third-order valence-electron chi connectivity index (χ3n) is 4.65. The molecule has 7 nitrogen and oxygen atoms in total. The lowest BCUT2D eigenvalue weighted by Crippen LogP contribution is -2.23. The molecular formula is C23H17BrN4O3S. The first-order valence-corrected chi connectivity index (χ1v) is 10.7. The molecule has 0 saturated carbocycles. The lowest BCUT2D eigenvalue weighted by molar-refractivity contribution is 0.414. The lowest BCUT2D eigenvalue weighted by atomic mass is 10.3. The largest absolute Gasteiger partial charge is 0.497 e. The molecule has 1 heterocycles. The molecule has 0 aliphatic rings. The lowest BCUT2D eigenvalue weighted by Gasteiger charge is -2.16. The summed E-state index contributed by atoms with van der Waals surface area (Å²) in [5, 5.41) is 19.2. The maximum absolute atomic E-state index is 13.4. The summed E-state index contributed by atoms with van der Waals surface area (Å²) in [6, 6.07) is 22.9. The second-order valence-corrected chi connectivity index (χ2v) is 7.92. The molecule has 0 amide bonds. The van der Waals surface area contributed by atoms with Gasteiger partial charge in [-0.1, -0.05) is 34.1 Å². The number of hydrogen-bond donors (Lipinski definition) is 1. The summed E-state index contributed by atoms with van der Waals surface area (Å²) in [6.45, 7) is 0. The van der Waals surface area contributed by atoms with Crippen LogP contribution in [0.1, 0.15) is 0 Å². The van der Waals surface area contributed by atoms with Crippen molar-refractivity contribution in [1.29, 1.82) is 0 Å². The Hall–Kier alpha value is -3.56. The van der Waals surface area contributed by atoms with E-state index in [1.165, 1.54) is 9.13 Å². The first kappa shape index (κ1) is 21.7. The monoisotopic (exact) mass is 508 g/mol. The standard InChI is InChI=1S/C23H17BrN4O3S/c1-31-19-13-11-18(12-14-19)28-22(30)20(26-25-16-5-3-2-4-6-16)21(29)27(23(28)32)17-9-7-15(24)8-10-17/h2-14,29H,1H3. The second-order valence-electron chi connectivity index (χ2n) is 6.64. The Labute approximate surface area is 197 Å². The van der Waals surface area contributed by atoms with E-state index in [0.717, 1.165) is 4.47 Å². The topological polar surface area (TPSA) is 81.1 Å². The van der Waals surface area contributed by atoms with E-state index >= 15 is 0 Å². The zero-order valence-corrected chi connectivity index (χ0v) is 19.2. The number of ether oxygens (including phenoxy) is 1. The third-order valence-corrected chi connectivity index (χ3v) is 5.54. The first-order chi connectivity index (χ1) is 15.5. The fraction of sp³-hybridized carbons (Fsp3) is 0.0435. The summed E-state index contributed by atoms with van der Waals surface area (Å²) in [7, 11) is 1.56. The van der Waals surface area contributed by atoms with E-state index in [4.69, 9.17) is 17.0 Å². The van der Waals surface area contributed by atoms with E-state index in [1.807, 2.05) is 18.2 Å². The maximum Gasteiger partial charge on any atom is 0.290 e. The molecule has 0 spiro atoms. The number of nitrogens with zero attached hydrogens (tertiary/aromatic N) is 4. The Morgan fingerprint density at radius 1 is 0.875 bits per heavy atom. The number of halogens is 1. The number of methoxy groups -OCH3 is 1. The Morgan fingerprint density at radius 3 is 2.09 bits per heavy atom. The molecule has 3 aromatic carbocycles. The minimum atomic E-state index is -0.592. The first-order valence-electron chi connectivity index (χ1n) is 9.48. The minimum Gasteiger partial charge on any atom is -0.497 e. The van der Waals surface area contributed by atoms with Crippen molar-refractivity contribution in [2.75, 3.05) is 7.11 Å². The third kappa shape index (κ3) is 4.25. The molecule has 0 fully saturated rings. The Balaban J connectivity index is 1.99. The number of aromatic hydroxyl groups is 1. The molecule has 0 saturated heterocycles. The van der Waals surface area contributed by atoms with Gasteiger partial charge < -0.3 is 9.84 Å². The highest BCUT2D eigenvalue weighted by Crippen LogP contribution is 2.29. The van der Waals surface area contributed by atoms with Crippen LogP contribution < -0.4 is 10.3 Å². The Morgan fingerprint density at radius 2 is 1.47 bits per heavy atom. The van der Waals surface area contributed by atoms with Gasteiger partial charge in [-0.05, 0) is 72.9 Å². The zero-order valence-electron chi connectivity index (χ0n) is 16.8. The van der Waals surface area contributed by atoms with E-state index in [2.05, 4.69) is 26.2 Å². The summed E-state index contributed by atoms with van der Waals surface area (Å²) < 4.78 is 8.83. The molecule has 0 aliphatic heterocycles. The molecule has 9 heteroatoms. The number of hydrogen-bond acceptors (Lipinski definition) is 6. The van der Waals surface area contributed by atoms with Crippen LogP contribution >= 0.6 is 28.1 Å². The molecule has 0 radical (unpaired) electrons. The van der Waals surface area contributed by atoms with E-state index < -0.39 is 11.4 Å². The highest BCUT2D eigenvalue weighted by atomic mass is 79.9. The van der Waals surface area contributed by atoms with Gasteiger partial charge in [0.15, 0.2) is 4.77 Å². The van der Waals surface area contributed by atoms with E-state index in [1.54, 1.807) is 67.8 Å². The van der Waals surface area contributed by atoms with E-state index in [0.29, 0.717) is 22.8 Å². The highest BCUT2D eigenvalue weighted by Gasteiger charge is 2.19. The van der Waals surface area contributed by atoms with Crippen molar-refractivity contribution in [2.45, 2.75) is 0 Å². The predicted molar refractivity (Wildman–Crippen MR) is 129 cm³/mol. The van der Waals surface area contributed by atoms with Gasteiger partial charge in [0, 0.05) is 4.47 Å².